The summed E-state index contributed by atoms with van der Waals surface area (Å²) in [6, 6.07) is 7.92. The molecule has 1 aliphatic rings. The van der Waals surface area contributed by atoms with Crippen LogP contribution < -0.4 is 5.73 Å². The van der Waals surface area contributed by atoms with E-state index in [1.54, 1.807) is 0 Å². The molecular formula is C20H25N5O. The van der Waals surface area contributed by atoms with E-state index in [0.717, 1.165) is 42.6 Å². The molecule has 6 heteroatoms. The zero-order valence-corrected chi connectivity index (χ0v) is 15.6. The fraction of sp³-hybridized carbons (Fsp3) is 0.450. The zero-order chi connectivity index (χ0) is 18.3. The lowest BCUT2D eigenvalue weighted by atomic mass is 9.76. The Labute approximate surface area is 153 Å². The van der Waals surface area contributed by atoms with Crippen molar-refractivity contribution in [1.82, 2.24) is 19.9 Å². The molecule has 4 rings (SSSR count). The lowest BCUT2D eigenvalue weighted by Gasteiger charge is -2.30. The number of aromatic nitrogens is 4. The fourth-order valence-electron chi connectivity index (χ4n) is 3.66. The van der Waals surface area contributed by atoms with Crippen LogP contribution in [0.2, 0.25) is 0 Å². The van der Waals surface area contributed by atoms with E-state index >= 15 is 0 Å². The molecule has 0 atom stereocenters. The van der Waals surface area contributed by atoms with E-state index in [4.69, 9.17) is 15.4 Å². The predicted molar refractivity (Wildman–Crippen MR) is 100 cm³/mol. The lowest BCUT2D eigenvalue weighted by molar-refractivity contribution is 0.304. The first kappa shape index (κ1) is 17.0. The third-order valence-electron chi connectivity index (χ3n) is 5.24. The van der Waals surface area contributed by atoms with Gasteiger partial charge < -0.3 is 10.3 Å². The first-order valence-corrected chi connectivity index (χ1v) is 9.23. The third-order valence-corrected chi connectivity index (χ3v) is 5.24. The fourth-order valence-corrected chi connectivity index (χ4v) is 3.66. The van der Waals surface area contributed by atoms with Gasteiger partial charge in [-0.2, -0.15) is 10.1 Å². The molecule has 136 valence electrons. The van der Waals surface area contributed by atoms with Crippen molar-refractivity contribution >= 4 is 0 Å². The van der Waals surface area contributed by atoms with Gasteiger partial charge in [-0.3, -0.25) is 4.68 Å². The Morgan fingerprint density at radius 2 is 2.00 bits per heavy atom. The molecule has 0 bridgehead atoms. The van der Waals surface area contributed by atoms with Crippen molar-refractivity contribution < 1.29 is 4.52 Å². The topological polar surface area (TPSA) is 82.8 Å². The summed E-state index contributed by atoms with van der Waals surface area (Å²) in [6.07, 6.45) is 3.18. The molecule has 0 fully saturated rings. The first-order chi connectivity index (χ1) is 12.5. The Morgan fingerprint density at radius 3 is 2.69 bits per heavy atom. The molecule has 0 aliphatic heterocycles. The van der Waals surface area contributed by atoms with Crippen LogP contribution in [0.15, 0.2) is 28.8 Å². The molecule has 2 heterocycles. The summed E-state index contributed by atoms with van der Waals surface area (Å²) in [4.78, 5) is 4.61. The van der Waals surface area contributed by atoms with Crippen LogP contribution in [0.5, 0.6) is 0 Å². The molecule has 0 radical (unpaired) electrons. The minimum absolute atomic E-state index is 0.308. The van der Waals surface area contributed by atoms with Gasteiger partial charge >= 0.3 is 0 Å². The molecule has 1 aliphatic carbocycles. The lowest BCUT2D eigenvalue weighted by Crippen LogP contribution is -2.24. The summed E-state index contributed by atoms with van der Waals surface area (Å²) in [7, 11) is 0. The average Bonchev–Trinajstić information content (AvgIpc) is 3.25. The van der Waals surface area contributed by atoms with Gasteiger partial charge in [0.05, 0.1) is 0 Å². The Morgan fingerprint density at radius 1 is 1.23 bits per heavy atom. The summed E-state index contributed by atoms with van der Waals surface area (Å²) in [5.74, 6) is 1.09. The summed E-state index contributed by atoms with van der Waals surface area (Å²) < 4.78 is 7.66. The number of nitrogens with two attached hydrogens (primary N) is 1. The molecule has 26 heavy (non-hydrogen) atoms. The van der Waals surface area contributed by atoms with Gasteiger partial charge in [0, 0.05) is 29.9 Å². The number of aryl methyl sites for hydroxylation is 1. The van der Waals surface area contributed by atoms with Crippen LogP contribution in [0.3, 0.4) is 0 Å². The summed E-state index contributed by atoms with van der Waals surface area (Å²) in [5.41, 5.74) is 11.4. The van der Waals surface area contributed by atoms with Gasteiger partial charge in [0.1, 0.15) is 0 Å². The highest BCUT2D eigenvalue weighted by molar-refractivity contribution is 5.61. The molecule has 3 aromatic rings. The summed E-state index contributed by atoms with van der Waals surface area (Å²) in [6.45, 7) is 8.13. The monoisotopic (exact) mass is 351 g/mol. The second kappa shape index (κ2) is 6.36. The zero-order valence-electron chi connectivity index (χ0n) is 15.6. The van der Waals surface area contributed by atoms with Gasteiger partial charge in [0.2, 0.25) is 5.82 Å². The second-order valence-electron chi connectivity index (χ2n) is 7.75. The predicted octanol–water partition coefficient (Wildman–Crippen LogP) is 3.59. The Kier molecular flexibility index (Phi) is 4.15. The Bertz CT molecular complexity index is 920. The molecule has 1 aromatic carbocycles. The molecule has 6 nitrogen and oxygen atoms in total. The largest absolute Gasteiger partial charge is 0.332 e. The van der Waals surface area contributed by atoms with Crippen molar-refractivity contribution in [2.24, 2.45) is 11.1 Å². The number of hydrogen-bond donors (Lipinski definition) is 1. The molecule has 0 unspecified atom stereocenters. The first-order valence-electron chi connectivity index (χ1n) is 9.23. The van der Waals surface area contributed by atoms with E-state index in [1.807, 2.05) is 24.3 Å². The molecule has 0 amide bonds. The Balaban J connectivity index is 1.71. The number of benzene rings is 1. The smallest absolute Gasteiger partial charge is 0.279 e. The van der Waals surface area contributed by atoms with Gasteiger partial charge in [0.25, 0.3) is 5.89 Å². The van der Waals surface area contributed by atoms with E-state index in [9.17, 15) is 0 Å². The molecular weight excluding hydrogens is 326 g/mol. The highest BCUT2D eigenvalue weighted by Gasteiger charge is 2.32. The standard InChI is InChI=1S/C20H25N5O/c1-4-25-16-11-20(2,3)10-9-15(16)17(23-25)19-22-18(24-26-19)14-7-5-13(12-21)6-8-14/h5-8H,4,9-12,21H2,1-3H3. The van der Waals surface area contributed by atoms with Crippen LogP contribution in [-0.2, 0) is 25.9 Å². The highest BCUT2D eigenvalue weighted by atomic mass is 16.5. The van der Waals surface area contributed by atoms with Gasteiger partial charge in [-0.25, -0.2) is 0 Å². The van der Waals surface area contributed by atoms with Crippen molar-refractivity contribution in [3.8, 4) is 23.0 Å². The third kappa shape index (κ3) is 2.94. The molecule has 2 N–H and O–H groups in total. The van der Waals surface area contributed by atoms with Gasteiger partial charge in [-0.15, -0.1) is 0 Å². The maximum atomic E-state index is 5.66. The SMILES string of the molecule is CCn1nc(-c2nc(-c3ccc(CN)cc3)no2)c2c1CC(C)(C)CC2. The van der Waals surface area contributed by atoms with Crippen molar-refractivity contribution in [3.05, 3.63) is 41.1 Å². The van der Waals surface area contributed by atoms with Crippen LogP contribution in [-0.4, -0.2) is 19.9 Å². The highest BCUT2D eigenvalue weighted by Crippen LogP contribution is 2.38. The molecule has 0 saturated heterocycles. The number of nitrogens with zero attached hydrogens (tertiary/aromatic N) is 4. The number of hydrogen-bond acceptors (Lipinski definition) is 5. The van der Waals surface area contributed by atoms with Gasteiger partial charge in [-0.05, 0) is 37.2 Å². The quantitative estimate of drug-likeness (QED) is 0.776. The summed E-state index contributed by atoms with van der Waals surface area (Å²) in [5, 5.41) is 8.95. The van der Waals surface area contributed by atoms with Crippen LogP contribution >= 0.6 is 0 Å². The van der Waals surface area contributed by atoms with Crippen molar-refractivity contribution in [1.29, 1.82) is 0 Å². The second-order valence-corrected chi connectivity index (χ2v) is 7.75. The van der Waals surface area contributed by atoms with Gasteiger partial charge in [-0.1, -0.05) is 43.3 Å². The van der Waals surface area contributed by atoms with E-state index in [0.29, 0.717) is 23.7 Å². The Hall–Kier alpha value is -2.47. The number of fused-ring (bicyclic) bond motifs is 1. The maximum absolute atomic E-state index is 5.66. The van der Waals surface area contributed by atoms with Gasteiger partial charge in [0.15, 0.2) is 5.69 Å². The van der Waals surface area contributed by atoms with E-state index in [1.165, 1.54) is 11.3 Å². The summed E-state index contributed by atoms with van der Waals surface area (Å²) >= 11 is 0. The van der Waals surface area contributed by atoms with Crippen LogP contribution in [0.4, 0.5) is 0 Å². The molecule has 0 saturated carbocycles. The number of rotatable bonds is 4. The van der Waals surface area contributed by atoms with Crippen molar-refractivity contribution in [2.45, 2.75) is 53.1 Å². The minimum Gasteiger partial charge on any atom is -0.332 e. The molecule has 0 spiro atoms. The maximum Gasteiger partial charge on any atom is 0.279 e. The van der Waals surface area contributed by atoms with Crippen LogP contribution in [0.1, 0.15) is 44.0 Å². The van der Waals surface area contributed by atoms with Crippen LogP contribution in [0, 0.1) is 5.41 Å². The van der Waals surface area contributed by atoms with Crippen molar-refractivity contribution in [2.75, 3.05) is 0 Å². The van der Waals surface area contributed by atoms with Crippen molar-refractivity contribution in [3.63, 3.8) is 0 Å². The van der Waals surface area contributed by atoms with E-state index in [-0.39, 0.29) is 0 Å². The normalized spacial score (nSPS) is 15.8. The average molecular weight is 351 g/mol. The van der Waals surface area contributed by atoms with E-state index < -0.39 is 0 Å². The molecule has 2 aromatic heterocycles. The van der Waals surface area contributed by atoms with E-state index in [2.05, 4.69) is 35.6 Å². The minimum atomic E-state index is 0.308. The van der Waals surface area contributed by atoms with Crippen LogP contribution in [0.25, 0.3) is 23.0 Å².